The lowest BCUT2D eigenvalue weighted by Crippen LogP contribution is -2.46. The van der Waals surface area contributed by atoms with E-state index in [9.17, 15) is 10.1 Å². The fourth-order valence-corrected chi connectivity index (χ4v) is 1.96. The summed E-state index contributed by atoms with van der Waals surface area (Å²) in [6.07, 6.45) is 1.36. The largest absolute Gasteiger partial charge is 0.406 e. The number of nitro groups is 1. The standard InChI is InChI=1S/C9H15N5O3/c1-12-6-11-8(14(15)16)9(12)13-2-3-17-7(4-10)5-13/h6-7H,2-5,10H2,1H3. The molecule has 1 aromatic heterocycles. The molecular weight excluding hydrogens is 226 g/mol. The van der Waals surface area contributed by atoms with Gasteiger partial charge >= 0.3 is 5.82 Å². The Morgan fingerprint density at radius 2 is 2.53 bits per heavy atom. The molecule has 1 unspecified atom stereocenters. The number of imidazole rings is 1. The highest BCUT2D eigenvalue weighted by Crippen LogP contribution is 2.27. The topological polar surface area (TPSA) is 99.4 Å². The summed E-state index contributed by atoms with van der Waals surface area (Å²) in [5.74, 6) is 0.391. The first kappa shape index (κ1) is 11.8. The Labute approximate surface area is 98.1 Å². The van der Waals surface area contributed by atoms with E-state index >= 15 is 0 Å². The molecule has 8 nitrogen and oxygen atoms in total. The zero-order valence-corrected chi connectivity index (χ0v) is 9.57. The lowest BCUT2D eigenvalue weighted by atomic mass is 10.2. The van der Waals surface area contributed by atoms with Gasteiger partial charge in [0.1, 0.15) is 0 Å². The molecule has 0 spiro atoms. The summed E-state index contributed by atoms with van der Waals surface area (Å²) in [6, 6.07) is 0. The summed E-state index contributed by atoms with van der Waals surface area (Å²) in [6.45, 7) is 2.08. The van der Waals surface area contributed by atoms with E-state index in [1.165, 1.54) is 6.33 Å². The van der Waals surface area contributed by atoms with Crippen molar-refractivity contribution in [1.82, 2.24) is 9.55 Å². The maximum Gasteiger partial charge on any atom is 0.406 e. The highest BCUT2D eigenvalue weighted by molar-refractivity contribution is 5.54. The molecule has 0 amide bonds. The van der Waals surface area contributed by atoms with Crippen molar-refractivity contribution in [3.63, 3.8) is 0 Å². The van der Waals surface area contributed by atoms with E-state index in [-0.39, 0.29) is 11.9 Å². The van der Waals surface area contributed by atoms with Crippen LogP contribution in [0.2, 0.25) is 0 Å². The molecular formula is C9H15N5O3. The van der Waals surface area contributed by atoms with Gasteiger partial charge in [-0.05, 0) is 9.91 Å². The van der Waals surface area contributed by atoms with Crippen LogP contribution in [-0.4, -0.2) is 46.8 Å². The summed E-state index contributed by atoms with van der Waals surface area (Å²) >= 11 is 0. The molecule has 0 aliphatic carbocycles. The number of hydrogen-bond acceptors (Lipinski definition) is 6. The lowest BCUT2D eigenvalue weighted by Gasteiger charge is -2.32. The number of aryl methyl sites for hydroxylation is 1. The third-order valence-corrected chi connectivity index (χ3v) is 2.76. The van der Waals surface area contributed by atoms with Crippen molar-refractivity contribution in [1.29, 1.82) is 0 Å². The Kier molecular flexibility index (Phi) is 3.25. The fourth-order valence-electron chi connectivity index (χ4n) is 1.96. The van der Waals surface area contributed by atoms with E-state index in [4.69, 9.17) is 10.5 Å². The van der Waals surface area contributed by atoms with E-state index in [1.807, 2.05) is 4.90 Å². The molecule has 0 radical (unpaired) electrons. The Bertz CT molecular complexity index is 419. The number of aromatic nitrogens is 2. The molecule has 94 valence electrons. The van der Waals surface area contributed by atoms with Gasteiger partial charge in [0.2, 0.25) is 12.1 Å². The Morgan fingerprint density at radius 3 is 3.18 bits per heavy atom. The van der Waals surface area contributed by atoms with Crippen LogP contribution >= 0.6 is 0 Å². The minimum atomic E-state index is -0.470. The van der Waals surface area contributed by atoms with Crippen molar-refractivity contribution in [2.45, 2.75) is 6.10 Å². The summed E-state index contributed by atoms with van der Waals surface area (Å²) in [5.41, 5.74) is 5.55. The van der Waals surface area contributed by atoms with Crippen molar-refractivity contribution in [3.8, 4) is 0 Å². The second kappa shape index (κ2) is 4.68. The molecule has 0 saturated carbocycles. The van der Waals surface area contributed by atoms with Crippen LogP contribution in [0.1, 0.15) is 0 Å². The van der Waals surface area contributed by atoms with Gasteiger partial charge in [0.25, 0.3) is 0 Å². The first-order valence-corrected chi connectivity index (χ1v) is 5.35. The number of nitrogens with two attached hydrogens (primary N) is 1. The summed E-state index contributed by atoms with van der Waals surface area (Å²) < 4.78 is 7.08. The quantitative estimate of drug-likeness (QED) is 0.565. The predicted octanol–water partition coefficient (Wildman–Crippen LogP) is -0.508. The van der Waals surface area contributed by atoms with Gasteiger partial charge < -0.3 is 25.5 Å². The van der Waals surface area contributed by atoms with Crippen molar-refractivity contribution < 1.29 is 9.66 Å². The number of rotatable bonds is 3. The van der Waals surface area contributed by atoms with Crippen molar-refractivity contribution in [3.05, 3.63) is 16.4 Å². The highest BCUT2D eigenvalue weighted by Gasteiger charge is 2.29. The zero-order chi connectivity index (χ0) is 12.4. The molecule has 1 aliphatic rings. The van der Waals surface area contributed by atoms with Gasteiger partial charge in [0, 0.05) is 26.7 Å². The molecule has 1 fully saturated rings. The lowest BCUT2D eigenvalue weighted by molar-refractivity contribution is -0.388. The third-order valence-electron chi connectivity index (χ3n) is 2.76. The van der Waals surface area contributed by atoms with Gasteiger partial charge in [-0.2, -0.15) is 0 Å². The van der Waals surface area contributed by atoms with Crippen LogP contribution in [0.15, 0.2) is 6.33 Å². The Balaban J connectivity index is 2.26. The van der Waals surface area contributed by atoms with Gasteiger partial charge in [-0.25, -0.2) is 0 Å². The summed E-state index contributed by atoms with van der Waals surface area (Å²) in [5, 5.41) is 10.9. The van der Waals surface area contributed by atoms with E-state index in [1.54, 1.807) is 11.6 Å². The van der Waals surface area contributed by atoms with Crippen molar-refractivity contribution >= 4 is 11.6 Å². The van der Waals surface area contributed by atoms with Crippen LogP contribution in [0.25, 0.3) is 0 Å². The molecule has 2 N–H and O–H groups in total. The smallest absolute Gasteiger partial charge is 0.373 e. The van der Waals surface area contributed by atoms with E-state index in [0.29, 0.717) is 32.1 Å². The van der Waals surface area contributed by atoms with Crippen LogP contribution in [-0.2, 0) is 11.8 Å². The predicted molar refractivity (Wildman–Crippen MR) is 60.9 cm³/mol. The summed E-state index contributed by atoms with van der Waals surface area (Å²) in [7, 11) is 1.74. The molecule has 0 aromatic carbocycles. The molecule has 0 bridgehead atoms. The molecule has 1 saturated heterocycles. The molecule has 8 heteroatoms. The maximum absolute atomic E-state index is 10.9. The van der Waals surface area contributed by atoms with Crippen molar-refractivity contribution in [2.75, 3.05) is 31.1 Å². The van der Waals surface area contributed by atoms with E-state index < -0.39 is 4.92 Å². The van der Waals surface area contributed by atoms with Crippen LogP contribution in [0.4, 0.5) is 11.6 Å². The summed E-state index contributed by atoms with van der Waals surface area (Å²) in [4.78, 5) is 16.1. The highest BCUT2D eigenvalue weighted by atomic mass is 16.6. The zero-order valence-electron chi connectivity index (χ0n) is 9.57. The van der Waals surface area contributed by atoms with Gasteiger partial charge in [-0.3, -0.25) is 4.57 Å². The van der Waals surface area contributed by atoms with E-state index in [2.05, 4.69) is 4.98 Å². The normalized spacial score (nSPS) is 20.6. The monoisotopic (exact) mass is 241 g/mol. The molecule has 1 aliphatic heterocycles. The first-order chi connectivity index (χ1) is 8.13. The van der Waals surface area contributed by atoms with Crippen LogP contribution in [0.3, 0.4) is 0 Å². The van der Waals surface area contributed by atoms with Gasteiger partial charge in [0.15, 0.2) is 0 Å². The van der Waals surface area contributed by atoms with Crippen LogP contribution in [0, 0.1) is 10.1 Å². The van der Waals surface area contributed by atoms with Crippen molar-refractivity contribution in [2.24, 2.45) is 12.8 Å². The van der Waals surface area contributed by atoms with Gasteiger partial charge in [-0.15, -0.1) is 0 Å². The SMILES string of the molecule is Cn1cnc([N+](=O)[O-])c1N1CCOC(CN)C1. The number of hydrogen-bond donors (Lipinski definition) is 1. The molecule has 2 rings (SSSR count). The van der Waals surface area contributed by atoms with E-state index in [0.717, 1.165) is 0 Å². The molecule has 1 aromatic rings. The maximum atomic E-state index is 10.9. The minimum absolute atomic E-state index is 0.0849. The van der Waals surface area contributed by atoms with Crippen LogP contribution in [0.5, 0.6) is 0 Å². The van der Waals surface area contributed by atoms with Gasteiger partial charge in [0.05, 0.1) is 12.7 Å². The Morgan fingerprint density at radius 1 is 1.76 bits per heavy atom. The minimum Gasteiger partial charge on any atom is -0.373 e. The Hall–Kier alpha value is -1.67. The second-order valence-corrected chi connectivity index (χ2v) is 3.93. The number of nitrogens with zero attached hydrogens (tertiary/aromatic N) is 4. The number of morpholine rings is 1. The average Bonchev–Trinajstić information content (AvgIpc) is 2.71. The molecule has 17 heavy (non-hydrogen) atoms. The molecule has 2 heterocycles. The third kappa shape index (κ3) is 2.22. The van der Waals surface area contributed by atoms with Gasteiger partial charge in [-0.1, -0.05) is 0 Å². The van der Waals surface area contributed by atoms with Crippen LogP contribution < -0.4 is 10.6 Å². The second-order valence-electron chi connectivity index (χ2n) is 3.93. The number of ether oxygens (including phenoxy) is 1. The number of anilines is 1. The fraction of sp³-hybridized carbons (Fsp3) is 0.667. The first-order valence-electron chi connectivity index (χ1n) is 5.35. The molecule has 1 atom stereocenters. The average molecular weight is 241 g/mol.